The van der Waals surface area contributed by atoms with Crippen LogP contribution in [-0.4, -0.2) is 24.4 Å². The van der Waals surface area contributed by atoms with Crippen LogP contribution in [0.4, 0.5) is 0 Å². The molecular formula is C15H22O2. The van der Waals surface area contributed by atoms with E-state index in [9.17, 15) is 5.11 Å². The van der Waals surface area contributed by atoms with Crippen LogP contribution in [0.25, 0.3) is 0 Å². The van der Waals surface area contributed by atoms with Crippen molar-refractivity contribution in [1.29, 1.82) is 0 Å². The molecule has 1 aromatic carbocycles. The molecule has 2 rings (SSSR count). The Balaban J connectivity index is 2.01. The van der Waals surface area contributed by atoms with Crippen LogP contribution in [0.5, 0.6) is 0 Å². The quantitative estimate of drug-likeness (QED) is 0.871. The summed E-state index contributed by atoms with van der Waals surface area (Å²) in [5.41, 5.74) is 1.31. The minimum Gasteiger partial charge on any atom is -0.390 e. The van der Waals surface area contributed by atoms with Gasteiger partial charge in [-0.15, -0.1) is 0 Å². The molecule has 0 unspecified atom stereocenters. The van der Waals surface area contributed by atoms with Gasteiger partial charge in [-0.3, -0.25) is 0 Å². The summed E-state index contributed by atoms with van der Waals surface area (Å²) in [5.74, 6) is 0.936. The predicted molar refractivity (Wildman–Crippen MR) is 68.9 cm³/mol. The maximum atomic E-state index is 10.1. The second-order valence-electron chi connectivity index (χ2n) is 5.06. The minimum atomic E-state index is -0.313. The van der Waals surface area contributed by atoms with Crippen LogP contribution in [0.3, 0.4) is 0 Å². The number of ether oxygens (including phenoxy) is 1. The van der Waals surface area contributed by atoms with Gasteiger partial charge in [-0.2, -0.15) is 0 Å². The van der Waals surface area contributed by atoms with Crippen molar-refractivity contribution < 1.29 is 9.84 Å². The van der Waals surface area contributed by atoms with Crippen LogP contribution in [0, 0.1) is 11.8 Å². The second-order valence-corrected chi connectivity index (χ2v) is 5.06. The van der Waals surface area contributed by atoms with Crippen molar-refractivity contribution in [3.8, 4) is 0 Å². The minimum absolute atomic E-state index is 0.313. The number of rotatable bonds is 3. The molecule has 2 nitrogen and oxygen atoms in total. The topological polar surface area (TPSA) is 29.5 Å². The van der Waals surface area contributed by atoms with Gasteiger partial charge in [0.25, 0.3) is 0 Å². The Labute approximate surface area is 104 Å². The monoisotopic (exact) mass is 234 g/mol. The van der Waals surface area contributed by atoms with E-state index in [1.54, 1.807) is 0 Å². The fourth-order valence-corrected chi connectivity index (χ4v) is 2.57. The molecule has 3 atom stereocenters. The summed E-state index contributed by atoms with van der Waals surface area (Å²) in [7, 11) is 0. The summed E-state index contributed by atoms with van der Waals surface area (Å²) in [6, 6.07) is 10.4. The van der Waals surface area contributed by atoms with Gasteiger partial charge in [0, 0.05) is 6.61 Å². The third-order valence-corrected chi connectivity index (χ3v) is 3.74. The summed E-state index contributed by atoms with van der Waals surface area (Å²) in [6.45, 7) is 3.50. The largest absolute Gasteiger partial charge is 0.390 e. The lowest BCUT2D eigenvalue weighted by Gasteiger charge is -2.21. The fourth-order valence-electron chi connectivity index (χ4n) is 2.57. The molecule has 0 bridgehead atoms. The standard InChI is InChI=1S/C15H22O2/c1-2-12-8-14(15(16)11-17-10-12)9-13-6-4-3-5-7-13/h3-7,12,14-16H,2,8-11H2,1H3/t12-,14+,15+/m0/s1. The third-order valence-electron chi connectivity index (χ3n) is 3.74. The molecule has 0 spiro atoms. The lowest BCUT2D eigenvalue weighted by Crippen LogP contribution is -2.25. The Morgan fingerprint density at radius 3 is 2.71 bits per heavy atom. The van der Waals surface area contributed by atoms with Gasteiger partial charge < -0.3 is 9.84 Å². The van der Waals surface area contributed by atoms with E-state index in [1.807, 2.05) is 6.07 Å². The van der Waals surface area contributed by atoms with Gasteiger partial charge in [-0.05, 0) is 30.2 Å². The van der Waals surface area contributed by atoms with Gasteiger partial charge >= 0.3 is 0 Å². The van der Waals surface area contributed by atoms with Crippen molar-refractivity contribution in [2.45, 2.75) is 32.3 Å². The van der Waals surface area contributed by atoms with Gasteiger partial charge in [0.15, 0.2) is 0 Å². The Kier molecular flexibility index (Phi) is 4.57. The highest BCUT2D eigenvalue weighted by molar-refractivity contribution is 5.15. The van der Waals surface area contributed by atoms with Gasteiger partial charge in [0.2, 0.25) is 0 Å². The smallest absolute Gasteiger partial charge is 0.0805 e. The van der Waals surface area contributed by atoms with Crippen molar-refractivity contribution in [1.82, 2.24) is 0 Å². The van der Waals surface area contributed by atoms with Gasteiger partial charge in [-0.25, -0.2) is 0 Å². The van der Waals surface area contributed by atoms with Crippen LogP contribution >= 0.6 is 0 Å². The van der Waals surface area contributed by atoms with Crippen LogP contribution in [0.15, 0.2) is 30.3 Å². The second kappa shape index (κ2) is 6.18. The molecule has 94 valence electrons. The normalized spacial score (nSPS) is 29.9. The van der Waals surface area contributed by atoms with Gasteiger partial charge in [0.05, 0.1) is 12.7 Å². The highest BCUT2D eigenvalue weighted by Crippen LogP contribution is 2.26. The van der Waals surface area contributed by atoms with Gasteiger partial charge in [0.1, 0.15) is 0 Å². The zero-order valence-corrected chi connectivity index (χ0v) is 10.5. The average molecular weight is 234 g/mol. The Bertz CT molecular complexity index is 323. The van der Waals surface area contributed by atoms with E-state index in [0.717, 1.165) is 25.9 Å². The first-order valence-corrected chi connectivity index (χ1v) is 6.59. The van der Waals surface area contributed by atoms with E-state index < -0.39 is 0 Å². The maximum absolute atomic E-state index is 10.1. The number of hydrogen-bond donors (Lipinski definition) is 1. The fraction of sp³-hybridized carbons (Fsp3) is 0.600. The van der Waals surface area contributed by atoms with Crippen molar-refractivity contribution in [2.75, 3.05) is 13.2 Å². The Morgan fingerprint density at radius 1 is 1.24 bits per heavy atom. The SMILES string of the molecule is CC[C@@H]1COC[C@@H](O)[C@@H](Cc2ccccc2)C1. The molecule has 1 N–H and O–H groups in total. The summed E-state index contributed by atoms with van der Waals surface area (Å²) in [5, 5.41) is 10.1. The van der Waals surface area contributed by atoms with E-state index in [-0.39, 0.29) is 6.10 Å². The molecule has 17 heavy (non-hydrogen) atoms. The zero-order chi connectivity index (χ0) is 12.1. The van der Waals surface area contributed by atoms with E-state index in [1.165, 1.54) is 5.56 Å². The van der Waals surface area contributed by atoms with Crippen LogP contribution in [0.1, 0.15) is 25.3 Å². The highest BCUT2D eigenvalue weighted by Gasteiger charge is 2.26. The van der Waals surface area contributed by atoms with Crippen molar-refractivity contribution in [3.05, 3.63) is 35.9 Å². The molecular weight excluding hydrogens is 212 g/mol. The first-order valence-electron chi connectivity index (χ1n) is 6.59. The molecule has 0 radical (unpaired) electrons. The summed E-state index contributed by atoms with van der Waals surface area (Å²) in [4.78, 5) is 0. The summed E-state index contributed by atoms with van der Waals surface area (Å²) >= 11 is 0. The Hall–Kier alpha value is -0.860. The molecule has 1 fully saturated rings. The average Bonchev–Trinajstić information content (AvgIpc) is 2.53. The molecule has 0 saturated carbocycles. The molecule has 1 aromatic rings. The molecule has 1 aliphatic heterocycles. The molecule has 0 aromatic heterocycles. The molecule has 0 aliphatic carbocycles. The maximum Gasteiger partial charge on any atom is 0.0805 e. The van der Waals surface area contributed by atoms with Crippen molar-refractivity contribution >= 4 is 0 Å². The number of benzene rings is 1. The van der Waals surface area contributed by atoms with Crippen molar-refractivity contribution in [2.24, 2.45) is 11.8 Å². The van der Waals surface area contributed by atoms with E-state index in [0.29, 0.717) is 18.4 Å². The van der Waals surface area contributed by atoms with E-state index in [4.69, 9.17) is 4.74 Å². The highest BCUT2D eigenvalue weighted by atomic mass is 16.5. The number of aliphatic hydroxyl groups is 1. The molecule has 1 saturated heterocycles. The number of aliphatic hydroxyl groups excluding tert-OH is 1. The van der Waals surface area contributed by atoms with Crippen LogP contribution in [0.2, 0.25) is 0 Å². The zero-order valence-electron chi connectivity index (χ0n) is 10.5. The lowest BCUT2D eigenvalue weighted by atomic mass is 9.86. The summed E-state index contributed by atoms with van der Waals surface area (Å²) in [6.07, 6.45) is 2.86. The van der Waals surface area contributed by atoms with Crippen LogP contribution in [-0.2, 0) is 11.2 Å². The van der Waals surface area contributed by atoms with E-state index in [2.05, 4.69) is 31.2 Å². The van der Waals surface area contributed by atoms with E-state index >= 15 is 0 Å². The molecule has 1 heterocycles. The Morgan fingerprint density at radius 2 is 2.00 bits per heavy atom. The third kappa shape index (κ3) is 3.55. The first kappa shape index (κ1) is 12.6. The summed E-state index contributed by atoms with van der Waals surface area (Å²) < 4.78 is 5.53. The van der Waals surface area contributed by atoms with Crippen LogP contribution < -0.4 is 0 Å². The predicted octanol–water partition coefficient (Wildman–Crippen LogP) is 2.65. The molecule has 0 amide bonds. The first-order chi connectivity index (χ1) is 8.29. The lowest BCUT2D eigenvalue weighted by molar-refractivity contribution is 0.0242. The molecule has 1 aliphatic rings. The van der Waals surface area contributed by atoms with Gasteiger partial charge in [-0.1, -0.05) is 43.7 Å². The molecule has 2 heteroatoms. The number of hydrogen-bond acceptors (Lipinski definition) is 2. The van der Waals surface area contributed by atoms with Crippen molar-refractivity contribution in [3.63, 3.8) is 0 Å².